The molecule has 0 radical (unpaired) electrons. The molecule has 1 heterocycles. The van der Waals surface area contributed by atoms with Gasteiger partial charge in [0.25, 0.3) is 5.91 Å². The van der Waals surface area contributed by atoms with Crippen LogP contribution in [-0.2, 0) is 0 Å². The zero-order valence-corrected chi connectivity index (χ0v) is 15.5. The fraction of sp³-hybridized carbons (Fsp3) is 0.250. The Balaban J connectivity index is 0.00000264. The van der Waals surface area contributed by atoms with E-state index in [0.717, 1.165) is 13.1 Å². The maximum Gasteiger partial charge on any atom is 0.251 e. The fourth-order valence-corrected chi connectivity index (χ4v) is 2.02. The molecule has 0 aliphatic heterocycles. The normalized spacial score (nSPS) is 9.42. The molecule has 1 amide bonds. The first kappa shape index (κ1) is 22.5. The second kappa shape index (κ2) is 11.9. The highest BCUT2D eigenvalue weighted by Gasteiger charge is 2.09. The van der Waals surface area contributed by atoms with Crippen LogP contribution in [0.15, 0.2) is 42.7 Å². The highest BCUT2D eigenvalue weighted by Crippen LogP contribution is 2.29. The Labute approximate surface area is 159 Å². The van der Waals surface area contributed by atoms with Crippen LogP contribution in [0.3, 0.4) is 0 Å². The van der Waals surface area contributed by atoms with Gasteiger partial charge < -0.3 is 15.4 Å². The molecule has 1 aromatic heterocycles. The van der Waals surface area contributed by atoms with Crippen LogP contribution in [0.25, 0.3) is 0 Å². The van der Waals surface area contributed by atoms with Gasteiger partial charge in [0.15, 0.2) is 0 Å². The van der Waals surface area contributed by atoms with Crippen molar-refractivity contribution in [2.24, 2.45) is 0 Å². The number of hydrogen-bond acceptors (Lipinski definition) is 4. The molecule has 0 unspecified atom stereocenters. The lowest BCUT2D eigenvalue weighted by Gasteiger charge is -2.09. The second-order valence-corrected chi connectivity index (χ2v) is 4.95. The van der Waals surface area contributed by atoms with E-state index >= 15 is 0 Å². The minimum absolute atomic E-state index is 0. The number of halogens is 3. The first-order chi connectivity index (χ1) is 10.7. The topological polar surface area (TPSA) is 63.2 Å². The molecule has 24 heavy (non-hydrogen) atoms. The zero-order valence-electron chi connectivity index (χ0n) is 13.1. The van der Waals surface area contributed by atoms with Crippen molar-refractivity contribution < 1.29 is 9.53 Å². The van der Waals surface area contributed by atoms with E-state index in [1.165, 1.54) is 0 Å². The molecule has 2 rings (SSSR count). The van der Waals surface area contributed by atoms with E-state index in [1.807, 2.05) is 6.92 Å². The Bertz CT molecular complexity index is 627. The summed E-state index contributed by atoms with van der Waals surface area (Å²) in [6.45, 7) is 4.20. The van der Waals surface area contributed by atoms with Gasteiger partial charge in [-0.25, -0.2) is 0 Å². The molecule has 0 saturated heterocycles. The van der Waals surface area contributed by atoms with Crippen LogP contribution in [0.1, 0.15) is 17.3 Å². The van der Waals surface area contributed by atoms with Crippen LogP contribution in [0.5, 0.6) is 11.5 Å². The second-order valence-electron chi connectivity index (χ2n) is 4.54. The van der Waals surface area contributed by atoms with Crippen molar-refractivity contribution in [3.05, 3.63) is 53.3 Å². The van der Waals surface area contributed by atoms with Gasteiger partial charge in [-0.2, -0.15) is 0 Å². The first-order valence-electron chi connectivity index (χ1n) is 7.07. The number of ether oxygens (including phenoxy) is 1. The van der Waals surface area contributed by atoms with Gasteiger partial charge >= 0.3 is 0 Å². The predicted molar refractivity (Wildman–Crippen MR) is 101 cm³/mol. The lowest BCUT2D eigenvalue weighted by atomic mass is 10.2. The number of nitrogens with zero attached hydrogens (tertiary/aromatic N) is 1. The molecule has 0 aliphatic rings. The Hall–Kier alpha value is -1.53. The van der Waals surface area contributed by atoms with E-state index in [0.29, 0.717) is 28.6 Å². The number of nitrogens with one attached hydrogen (secondary N) is 2. The van der Waals surface area contributed by atoms with Gasteiger partial charge in [0.2, 0.25) is 0 Å². The van der Waals surface area contributed by atoms with Crippen LogP contribution >= 0.6 is 36.4 Å². The molecule has 5 nitrogen and oxygen atoms in total. The molecular weight excluding hydrogens is 373 g/mol. The maximum atomic E-state index is 12.0. The van der Waals surface area contributed by atoms with E-state index in [1.54, 1.807) is 42.7 Å². The highest BCUT2D eigenvalue weighted by molar-refractivity contribution is 6.32. The number of amides is 1. The summed E-state index contributed by atoms with van der Waals surface area (Å²) in [6, 6.07) is 8.43. The van der Waals surface area contributed by atoms with Crippen molar-refractivity contribution in [3.63, 3.8) is 0 Å². The molecule has 0 atom stereocenters. The number of aromatic nitrogens is 1. The van der Waals surface area contributed by atoms with Gasteiger partial charge in [-0.15, -0.1) is 24.8 Å². The third-order valence-corrected chi connectivity index (χ3v) is 3.20. The zero-order chi connectivity index (χ0) is 15.8. The summed E-state index contributed by atoms with van der Waals surface area (Å²) in [5, 5.41) is 6.34. The largest absolute Gasteiger partial charge is 0.456 e. The monoisotopic (exact) mass is 391 g/mol. The number of carbonyl (C=O) groups excluding carboxylic acids is 1. The van der Waals surface area contributed by atoms with Crippen molar-refractivity contribution in [2.75, 3.05) is 19.6 Å². The summed E-state index contributed by atoms with van der Waals surface area (Å²) in [5.41, 5.74) is 0.503. The van der Waals surface area contributed by atoms with E-state index in [9.17, 15) is 4.79 Å². The number of rotatable bonds is 7. The van der Waals surface area contributed by atoms with Crippen LogP contribution in [-0.4, -0.2) is 30.5 Å². The first-order valence-corrected chi connectivity index (χ1v) is 7.45. The lowest BCUT2D eigenvalue weighted by Crippen LogP contribution is -2.31. The van der Waals surface area contributed by atoms with E-state index in [-0.39, 0.29) is 30.7 Å². The van der Waals surface area contributed by atoms with E-state index in [2.05, 4.69) is 15.6 Å². The molecule has 0 saturated carbocycles. The van der Waals surface area contributed by atoms with E-state index in [4.69, 9.17) is 16.3 Å². The third kappa shape index (κ3) is 6.93. The fourth-order valence-electron chi connectivity index (χ4n) is 1.80. The molecule has 8 heteroatoms. The van der Waals surface area contributed by atoms with Gasteiger partial charge in [0.1, 0.15) is 11.5 Å². The van der Waals surface area contributed by atoms with Crippen LogP contribution in [0, 0.1) is 0 Å². The minimum Gasteiger partial charge on any atom is -0.456 e. The quantitative estimate of drug-likeness (QED) is 0.705. The van der Waals surface area contributed by atoms with Crippen molar-refractivity contribution in [3.8, 4) is 11.5 Å². The van der Waals surface area contributed by atoms with Crippen LogP contribution < -0.4 is 15.4 Å². The molecule has 1 aromatic carbocycles. The minimum atomic E-state index is -0.157. The van der Waals surface area contributed by atoms with Gasteiger partial charge in [-0.3, -0.25) is 9.78 Å². The summed E-state index contributed by atoms with van der Waals surface area (Å²) in [7, 11) is 0. The summed E-state index contributed by atoms with van der Waals surface area (Å²) < 4.78 is 5.64. The van der Waals surface area contributed by atoms with Crippen LogP contribution in [0.4, 0.5) is 0 Å². The third-order valence-electron chi connectivity index (χ3n) is 2.91. The molecule has 0 fully saturated rings. The summed E-state index contributed by atoms with van der Waals surface area (Å²) in [4.78, 5) is 15.9. The molecule has 0 aliphatic carbocycles. The summed E-state index contributed by atoms with van der Waals surface area (Å²) >= 11 is 6.17. The molecule has 0 bridgehead atoms. The van der Waals surface area contributed by atoms with Crippen molar-refractivity contribution >= 4 is 42.3 Å². The maximum absolute atomic E-state index is 12.0. The van der Waals surface area contributed by atoms with Crippen LogP contribution in [0.2, 0.25) is 5.02 Å². The SMILES string of the molecule is CCNCCNC(=O)c1ccc(Oc2ccncc2)c(Cl)c1.Cl.Cl. The number of benzene rings is 1. The number of pyridine rings is 1. The Morgan fingerprint density at radius 2 is 1.88 bits per heavy atom. The predicted octanol–water partition coefficient (Wildman–Crippen LogP) is 3.71. The average molecular weight is 393 g/mol. The van der Waals surface area contributed by atoms with Crippen molar-refractivity contribution in [2.45, 2.75) is 6.92 Å². The van der Waals surface area contributed by atoms with Gasteiger partial charge in [-0.1, -0.05) is 18.5 Å². The van der Waals surface area contributed by atoms with E-state index < -0.39 is 0 Å². The van der Waals surface area contributed by atoms with Crippen molar-refractivity contribution in [1.82, 2.24) is 15.6 Å². The Morgan fingerprint density at radius 1 is 1.17 bits per heavy atom. The lowest BCUT2D eigenvalue weighted by molar-refractivity contribution is 0.0954. The van der Waals surface area contributed by atoms with Gasteiger partial charge in [-0.05, 0) is 36.9 Å². The Morgan fingerprint density at radius 3 is 2.50 bits per heavy atom. The molecule has 132 valence electrons. The number of likely N-dealkylation sites (N-methyl/N-ethyl adjacent to an activating group) is 1. The smallest absolute Gasteiger partial charge is 0.251 e. The molecule has 2 aromatic rings. The highest BCUT2D eigenvalue weighted by atomic mass is 35.5. The molecule has 0 spiro atoms. The molecule has 2 N–H and O–H groups in total. The number of carbonyl (C=O) groups is 1. The van der Waals surface area contributed by atoms with Gasteiger partial charge in [0.05, 0.1) is 5.02 Å². The van der Waals surface area contributed by atoms with Crippen molar-refractivity contribution in [1.29, 1.82) is 0 Å². The van der Waals surface area contributed by atoms with Gasteiger partial charge in [0, 0.05) is 31.0 Å². The summed E-state index contributed by atoms with van der Waals surface area (Å²) in [5.74, 6) is 0.979. The number of hydrogen-bond donors (Lipinski definition) is 2. The average Bonchev–Trinajstić information content (AvgIpc) is 2.54. The Kier molecular flexibility index (Phi) is 11.2. The standard InChI is InChI=1S/C16H18ClN3O2.2ClH/c1-2-18-9-10-20-16(21)12-3-4-15(14(17)11-12)22-13-5-7-19-8-6-13;;/h3-8,11,18H,2,9-10H2,1H3,(H,20,21);2*1H. The summed E-state index contributed by atoms with van der Waals surface area (Å²) in [6.07, 6.45) is 3.27. The molecular formula is C16H20Cl3N3O2.